The smallest absolute Gasteiger partial charge is 0.300 e. The van der Waals surface area contributed by atoms with Gasteiger partial charge in [0, 0.05) is 5.69 Å². The summed E-state index contributed by atoms with van der Waals surface area (Å²) in [7, 11) is 0. The zero-order valence-electron chi connectivity index (χ0n) is 12.7. The van der Waals surface area contributed by atoms with E-state index >= 15 is 0 Å². The van der Waals surface area contributed by atoms with Crippen molar-refractivity contribution < 1.29 is 14.4 Å². The standard InChI is InChI=1S/C18H16N2O3/c1-2-14(17(22)19-12-8-4-3-5-9-12)20-15-11-7-6-10-13(15)16(21)18(20)23/h3-11,14H,2H2,1H3,(H,19,22). The van der Waals surface area contributed by atoms with Crippen molar-refractivity contribution in [2.45, 2.75) is 19.4 Å². The topological polar surface area (TPSA) is 66.5 Å². The Hall–Kier alpha value is -2.95. The molecule has 2 aromatic rings. The molecule has 1 aliphatic heterocycles. The number of rotatable bonds is 4. The lowest BCUT2D eigenvalue weighted by Gasteiger charge is -2.26. The van der Waals surface area contributed by atoms with Gasteiger partial charge >= 0.3 is 0 Å². The number of nitrogens with one attached hydrogen (secondary N) is 1. The van der Waals surface area contributed by atoms with Gasteiger partial charge in [0.1, 0.15) is 6.04 Å². The van der Waals surface area contributed by atoms with Crippen molar-refractivity contribution in [1.29, 1.82) is 0 Å². The van der Waals surface area contributed by atoms with Gasteiger partial charge in [0.2, 0.25) is 5.91 Å². The number of benzene rings is 2. The van der Waals surface area contributed by atoms with Gasteiger partial charge in [0.25, 0.3) is 11.7 Å². The number of para-hydroxylation sites is 2. The Bertz CT molecular complexity index is 771. The third-order valence-corrected chi connectivity index (χ3v) is 3.86. The number of hydrogen-bond donors (Lipinski definition) is 1. The number of anilines is 2. The lowest BCUT2D eigenvalue weighted by atomic mass is 10.1. The summed E-state index contributed by atoms with van der Waals surface area (Å²) >= 11 is 0. The fraction of sp³-hybridized carbons (Fsp3) is 0.167. The van der Waals surface area contributed by atoms with E-state index in [1.54, 1.807) is 36.4 Å². The number of nitrogens with zero attached hydrogens (tertiary/aromatic N) is 1. The number of amides is 2. The van der Waals surface area contributed by atoms with Gasteiger partial charge < -0.3 is 5.32 Å². The third-order valence-electron chi connectivity index (χ3n) is 3.86. The molecule has 0 saturated carbocycles. The second-order valence-corrected chi connectivity index (χ2v) is 5.30. The van der Waals surface area contributed by atoms with Gasteiger partial charge in [0.05, 0.1) is 11.3 Å². The summed E-state index contributed by atoms with van der Waals surface area (Å²) in [5, 5.41) is 2.79. The Balaban J connectivity index is 1.90. The van der Waals surface area contributed by atoms with Gasteiger partial charge in [-0.2, -0.15) is 0 Å². The SMILES string of the molecule is CCC(C(=O)Nc1ccccc1)N1C(=O)C(=O)c2ccccc21. The van der Waals surface area contributed by atoms with E-state index in [4.69, 9.17) is 0 Å². The van der Waals surface area contributed by atoms with Crippen molar-refractivity contribution >= 4 is 29.0 Å². The average Bonchev–Trinajstić information content (AvgIpc) is 2.82. The van der Waals surface area contributed by atoms with E-state index in [9.17, 15) is 14.4 Å². The molecule has 0 bridgehead atoms. The van der Waals surface area contributed by atoms with E-state index in [2.05, 4.69) is 5.32 Å². The molecular weight excluding hydrogens is 292 g/mol. The highest BCUT2D eigenvalue weighted by molar-refractivity contribution is 6.52. The molecule has 0 radical (unpaired) electrons. The Morgan fingerprint density at radius 1 is 1.04 bits per heavy atom. The highest BCUT2D eigenvalue weighted by atomic mass is 16.2. The van der Waals surface area contributed by atoms with Crippen molar-refractivity contribution in [2.75, 3.05) is 10.2 Å². The van der Waals surface area contributed by atoms with Crippen LogP contribution in [0.1, 0.15) is 23.7 Å². The summed E-state index contributed by atoms with van der Waals surface area (Å²) in [6.07, 6.45) is 0.409. The van der Waals surface area contributed by atoms with E-state index in [1.807, 2.05) is 25.1 Å². The van der Waals surface area contributed by atoms with Crippen LogP contribution in [0, 0.1) is 0 Å². The predicted molar refractivity (Wildman–Crippen MR) is 87.4 cm³/mol. The minimum Gasteiger partial charge on any atom is -0.324 e. The molecule has 1 N–H and O–H groups in total. The van der Waals surface area contributed by atoms with Gasteiger partial charge in [-0.05, 0) is 30.7 Å². The van der Waals surface area contributed by atoms with Crippen LogP contribution >= 0.6 is 0 Å². The zero-order chi connectivity index (χ0) is 16.4. The molecule has 5 heteroatoms. The largest absolute Gasteiger partial charge is 0.324 e. The number of Topliss-reactive ketones (excluding diaryl/α,β-unsaturated/α-hetero) is 1. The molecule has 5 nitrogen and oxygen atoms in total. The normalized spacial score (nSPS) is 14.6. The molecule has 1 unspecified atom stereocenters. The fourth-order valence-electron chi connectivity index (χ4n) is 2.75. The van der Waals surface area contributed by atoms with Crippen LogP contribution in [-0.2, 0) is 9.59 Å². The van der Waals surface area contributed by atoms with Crippen molar-refractivity contribution in [3.8, 4) is 0 Å². The molecular formula is C18H16N2O3. The minimum absolute atomic E-state index is 0.309. The Kier molecular flexibility index (Phi) is 3.93. The molecule has 3 rings (SSSR count). The first-order valence-corrected chi connectivity index (χ1v) is 7.46. The van der Waals surface area contributed by atoms with Crippen molar-refractivity contribution in [3.63, 3.8) is 0 Å². The van der Waals surface area contributed by atoms with Crippen LogP contribution in [0.25, 0.3) is 0 Å². The summed E-state index contributed by atoms with van der Waals surface area (Å²) < 4.78 is 0. The van der Waals surface area contributed by atoms with E-state index in [0.29, 0.717) is 23.4 Å². The quantitative estimate of drug-likeness (QED) is 0.883. The van der Waals surface area contributed by atoms with Crippen LogP contribution in [0.3, 0.4) is 0 Å². The maximum atomic E-state index is 12.6. The first-order chi connectivity index (χ1) is 11.1. The lowest BCUT2D eigenvalue weighted by molar-refractivity contribution is -0.121. The summed E-state index contributed by atoms with van der Waals surface area (Å²) in [5.74, 6) is -1.52. The van der Waals surface area contributed by atoms with Crippen LogP contribution in [-0.4, -0.2) is 23.6 Å². The number of fused-ring (bicyclic) bond motifs is 1. The highest BCUT2D eigenvalue weighted by Gasteiger charge is 2.41. The van der Waals surface area contributed by atoms with Gasteiger partial charge in [-0.1, -0.05) is 37.3 Å². The summed E-state index contributed by atoms with van der Waals surface area (Å²) in [5.41, 5.74) is 1.50. The van der Waals surface area contributed by atoms with Gasteiger partial charge in [-0.15, -0.1) is 0 Å². The molecule has 0 fully saturated rings. The summed E-state index contributed by atoms with van der Waals surface area (Å²) in [4.78, 5) is 38.3. The maximum absolute atomic E-state index is 12.6. The van der Waals surface area contributed by atoms with Crippen molar-refractivity contribution in [2.24, 2.45) is 0 Å². The fourth-order valence-corrected chi connectivity index (χ4v) is 2.75. The van der Waals surface area contributed by atoms with Crippen LogP contribution in [0.4, 0.5) is 11.4 Å². The summed E-state index contributed by atoms with van der Waals surface area (Å²) in [6, 6.07) is 15.1. The van der Waals surface area contributed by atoms with Gasteiger partial charge in [0.15, 0.2) is 0 Å². The van der Waals surface area contributed by atoms with E-state index in [-0.39, 0.29) is 5.91 Å². The molecule has 23 heavy (non-hydrogen) atoms. The zero-order valence-corrected chi connectivity index (χ0v) is 12.7. The number of carbonyl (C=O) groups is 3. The molecule has 2 aromatic carbocycles. The van der Waals surface area contributed by atoms with Crippen LogP contribution in [0.2, 0.25) is 0 Å². The molecule has 0 aliphatic carbocycles. The number of carbonyl (C=O) groups excluding carboxylic acids is 3. The van der Waals surface area contributed by atoms with E-state index in [0.717, 1.165) is 0 Å². The molecule has 116 valence electrons. The Labute approximate surface area is 133 Å². The molecule has 0 aromatic heterocycles. The van der Waals surface area contributed by atoms with Crippen LogP contribution in [0.15, 0.2) is 54.6 Å². The third kappa shape index (κ3) is 2.61. The molecule has 1 atom stereocenters. The summed E-state index contributed by atoms with van der Waals surface area (Å²) in [6.45, 7) is 1.81. The second-order valence-electron chi connectivity index (χ2n) is 5.30. The number of ketones is 1. The van der Waals surface area contributed by atoms with E-state index in [1.165, 1.54) is 4.90 Å². The van der Waals surface area contributed by atoms with E-state index < -0.39 is 17.7 Å². The molecule has 1 aliphatic rings. The minimum atomic E-state index is -0.727. The monoisotopic (exact) mass is 308 g/mol. The first kappa shape index (κ1) is 15.0. The predicted octanol–water partition coefficient (Wildman–Crippen LogP) is 2.63. The van der Waals surface area contributed by atoms with Gasteiger partial charge in [-0.25, -0.2) is 0 Å². The van der Waals surface area contributed by atoms with Crippen molar-refractivity contribution in [3.05, 3.63) is 60.2 Å². The highest BCUT2D eigenvalue weighted by Crippen LogP contribution is 2.31. The maximum Gasteiger partial charge on any atom is 0.300 e. The van der Waals surface area contributed by atoms with Crippen LogP contribution < -0.4 is 10.2 Å². The molecule has 0 spiro atoms. The Morgan fingerprint density at radius 2 is 1.70 bits per heavy atom. The number of hydrogen-bond acceptors (Lipinski definition) is 3. The molecule has 2 amide bonds. The average molecular weight is 308 g/mol. The molecule has 0 saturated heterocycles. The first-order valence-electron chi connectivity index (χ1n) is 7.46. The molecule has 1 heterocycles. The second kappa shape index (κ2) is 6.04. The lowest BCUT2D eigenvalue weighted by Crippen LogP contribution is -2.46. The van der Waals surface area contributed by atoms with Crippen molar-refractivity contribution in [1.82, 2.24) is 0 Å². The van der Waals surface area contributed by atoms with Crippen LogP contribution in [0.5, 0.6) is 0 Å². The van der Waals surface area contributed by atoms with Gasteiger partial charge in [-0.3, -0.25) is 19.3 Å². The Morgan fingerprint density at radius 3 is 2.39 bits per heavy atom.